The van der Waals surface area contributed by atoms with Gasteiger partial charge in [0.25, 0.3) is 0 Å². The minimum atomic E-state index is 0.524. The number of benzene rings is 1. The molecule has 1 aromatic carbocycles. The molecule has 1 rings (SSSR count). The van der Waals surface area contributed by atoms with Gasteiger partial charge in [-0.15, -0.1) is 0 Å². The van der Waals surface area contributed by atoms with Gasteiger partial charge in [0.2, 0.25) is 0 Å². The monoisotopic (exact) mass is 191 g/mol. The molecule has 0 aliphatic rings. The van der Waals surface area contributed by atoms with Gasteiger partial charge in [-0.2, -0.15) is 5.53 Å². The van der Waals surface area contributed by atoms with E-state index in [9.17, 15) is 0 Å². The molecule has 0 heterocycles. The van der Waals surface area contributed by atoms with Crippen molar-refractivity contribution in [2.24, 2.45) is 5.84 Å². The van der Waals surface area contributed by atoms with E-state index in [1.165, 1.54) is 0 Å². The van der Waals surface area contributed by atoms with Crippen molar-refractivity contribution >= 4 is 28.9 Å². The lowest BCUT2D eigenvalue weighted by Crippen LogP contribution is -2.28. The molecule has 0 fully saturated rings. The second-order valence-corrected chi connectivity index (χ2v) is 2.74. The molecule has 5 heteroatoms. The van der Waals surface area contributed by atoms with Crippen LogP contribution < -0.4 is 16.8 Å². The molecule has 0 saturated heterocycles. The predicted octanol–water partition coefficient (Wildman–Crippen LogP) is 1.78. The lowest BCUT2D eigenvalue weighted by Gasteiger charge is -2.05. The van der Waals surface area contributed by atoms with Gasteiger partial charge < -0.3 is 5.43 Å². The first-order chi connectivity index (χ1) is 5.24. The van der Waals surface area contributed by atoms with E-state index in [0.717, 1.165) is 0 Å². The van der Waals surface area contributed by atoms with Crippen LogP contribution in [0.4, 0.5) is 5.69 Å². The summed E-state index contributed by atoms with van der Waals surface area (Å²) in [4.78, 5) is 0. The maximum atomic E-state index is 5.77. The van der Waals surface area contributed by atoms with Crippen molar-refractivity contribution in [2.75, 3.05) is 5.43 Å². The summed E-state index contributed by atoms with van der Waals surface area (Å²) in [6.45, 7) is 0. The molecule has 11 heavy (non-hydrogen) atoms. The molecule has 0 unspecified atom stereocenters. The summed E-state index contributed by atoms with van der Waals surface area (Å²) in [6.07, 6.45) is 0. The maximum Gasteiger partial charge on any atom is 0.0688 e. The fourth-order valence-corrected chi connectivity index (χ4v) is 1.12. The highest BCUT2D eigenvalue weighted by atomic mass is 35.5. The first kappa shape index (κ1) is 8.62. The predicted molar refractivity (Wildman–Crippen MR) is 47.4 cm³/mol. The number of halogens is 2. The van der Waals surface area contributed by atoms with Gasteiger partial charge in [0.15, 0.2) is 0 Å². The van der Waals surface area contributed by atoms with Gasteiger partial charge in [0, 0.05) is 5.02 Å². The van der Waals surface area contributed by atoms with Gasteiger partial charge in [-0.3, -0.25) is 5.84 Å². The van der Waals surface area contributed by atoms with Crippen LogP contribution in [0.5, 0.6) is 0 Å². The summed E-state index contributed by atoms with van der Waals surface area (Å²) in [6, 6.07) is 5.07. The third kappa shape index (κ3) is 2.24. The Bertz CT molecular complexity index is 252. The Morgan fingerprint density at radius 1 is 1.27 bits per heavy atom. The molecule has 0 bridgehead atoms. The van der Waals surface area contributed by atoms with E-state index in [2.05, 4.69) is 11.0 Å². The third-order valence-electron chi connectivity index (χ3n) is 1.14. The molecule has 0 spiro atoms. The van der Waals surface area contributed by atoms with Crippen LogP contribution in [0.2, 0.25) is 10.0 Å². The number of rotatable bonds is 2. The summed E-state index contributed by atoms with van der Waals surface area (Å²) < 4.78 is 0. The lowest BCUT2D eigenvalue weighted by molar-refractivity contribution is 0.876. The zero-order chi connectivity index (χ0) is 8.27. The molecular weight excluding hydrogens is 185 g/mol. The Morgan fingerprint density at radius 2 is 2.00 bits per heavy atom. The Morgan fingerprint density at radius 3 is 2.55 bits per heavy atom. The molecule has 0 aliphatic heterocycles. The van der Waals surface area contributed by atoms with Gasteiger partial charge in [0.05, 0.1) is 10.7 Å². The van der Waals surface area contributed by atoms with E-state index in [4.69, 9.17) is 29.0 Å². The van der Waals surface area contributed by atoms with Gasteiger partial charge >= 0.3 is 0 Å². The van der Waals surface area contributed by atoms with Gasteiger partial charge in [0.1, 0.15) is 0 Å². The van der Waals surface area contributed by atoms with Crippen LogP contribution in [0.25, 0.3) is 0 Å². The number of hydrazine groups is 2. The normalized spacial score (nSPS) is 9.73. The molecular formula is C6H7Cl2N3. The molecule has 0 amide bonds. The van der Waals surface area contributed by atoms with Gasteiger partial charge in [-0.05, 0) is 18.2 Å². The van der Waals surface area contributed by atoms with Gasteiger partial charge in [-0.1, -0.05) is 23.2 Å². The average Bonchev–Trinajstić information content (AvgIpc) is 1.95. The first-order valence-corrected chi connectivity index (χ1v) is 3.66. The smallest absolute Gasteiger partial charge is 0.0688 e. The Labute approximate surface area is 74.4 Å². The summed E-state index contributed by atoms with van der Waals surface area (Å²) in [5.74, 6) is 5.01. The molecule has 0 aliphatic carbocycles. The van der Waals surface area contributed by atoms with E-state index < -0.39 is 0 Å². The summed E-state index contributed by atoms with van der Waals surface area (Å²) in [7, 11) is 0. The fraction of sp³-hybridized carbons (Fsp3) is 0. The summed E-state index contributed by atoms with van der Waals surface area (Å²) >= 11 is 11.4. The van der Waals surface area contributed by atoms with Crippen molar-refractivity contribution in [3.63, 3.8) is 0 Å². The van der Waals surface area contributed by atoms with E-state index in [0.29, 0.717) is 15.7 Å². The number of nitrogens with one attached hydrogen (secondary N) is 2. The second-order valence-electron chi connectivity index (χ2n) is 1.89. The van der Waals surface area contributed by atoms with Crippen LogP contribution in [0, 0.1) is 0 Å². The van der Waals surface area contributed by atoms with Crippen molar-refractivity contribution in [1.82, 2.24) is 5.53 Å². The zero-order valence-electron chi connectivity index (χ0n) is 5.57. The van der Waals surface area contributed by atoms with Crippen LogP contribution in [0.3, 0.4) is 0 Å². The number of hydrogen-bond donors (Lipinski definition) is 3. The van der Waals surface area contributed by atoms with Crippen molar-refractivity contribution < 1.29 is 0 Å². The van der Waals surface area contributed by atoms with E-state index in [1.807, 2.05) is 0 Å². The molecule has 3 nitrogen and oxygen atoms in total. The topological polar surface area (TPSA) is 50.1 Å². The van der Waals surface area contributed by atoms with Crippen LogP contribution in [-0.4, -0.2) is 0 Å². The van der Waals surface area contributed by atoms with Crippen LogP contribution >= 0.6 is 23.2 Å². The highest BCUT2D eigenvalue weighted by molar-refractivity contribution is 6.36. The maximum absolute atomic E-state index is 5.77. The van der Waals surface area contributed by atoms with Crippen molar-refractivity contribution in [3.8, 4) is 0 Å². The van der Waals surface area contributed by atoms with E-state index in [1.54, 1.807) is 18.2 Å². The van der Waals surface area contributed by atoms with E-state index >= 15 is 0 Å². The van der Waals surface area contributed by atoms with Crippen molar-refractivity contribution in [3.05, 3.63) is 28.2 Å². The van der Waals surface area contributed by atoms with Crippen LogP contribution in [-0.2, 0) is 0 Å². The summed E-state index contributed by atoms with van der Waals surface area (Å²) in [5, 5.41) is 1.12. The number of anilines is 1. The molecule has 0 saturated carbocycles. The molecule has 4 N–H and O–H groups in total. The minimum absolute atomic E-state index is 0.524. The van der Waals surface area contributed by atoms with Crippen LogP contribution in [0.15, 0.2) is 18.2 Å². The summed E-state index contributed by atoms with van der Waals surface area (Å²) in [5.41, 5.74) is 5.60. The van der Waals surface area contributed by atoms with Crippen molar-refractivity contribution in [1.29, 1.82) is 0 Å². The van der Waals surface area contributed by atoms with E-state index in [-0.39, 0.29) is 0 Å². The first-order valence-electron chi connectivity index (χ1n) is 2.90. The SMILES string of the molecule is NNNc1ccc(Cl)cc1Cl. The highest BCUT2D eigenvalue weighted by Crippen LogP contribution is 2.24. The Hall–Kier alpha value is -0.480. The Balaban J connectivity index is 2.90. The minimum Gasteiger partial charge on any atom is -0.307 e. The molecule has 0 atom stereocenters. The number of hydrogen-bond acceptors (Lipinski definition) is 3. The quantitative estimate of drug-likeness (QED) is 0.494. The molecule has 0 radical (unpaired) electrons. The van der Waals surface area contributed by atoms with Crippen molar-refractivity contribution in [2.45, 2.75) is 0 Å². The number of nitrogens with two attached hydrogens (primary N) is 1. The largest absolute Gasteiger partial charge is 0.307 e. The zero-order valence-corrected chi connectivity index (χ0v) is 7.08. The van der Waals surface area contributed by atoms with Crippen LogP contribution in [0.1, 0.15) is 0 Å². The molecule has 0 aromatic heterocycles. The third-order valence-corrected chi connectivity index (χ3v) is 1.69. The fourth-order valence-electron chi connectivity index (χ4n) is 0.669. The molecule has 1 aromatic rings. The standard InChI is InChI=1S/C6H7Cl2N3/c7-4-1-2-6(10-11-9)5(8)3-4/h1-3,10-11H,9H2. The lowest BCUT2D eigenvalue weighted by atomic mass is 10.3. The average molecular weight is 192 g/mol. The highest BCUT2D eigenvalue weighted by Gasteiger charge is 1.97. The second kappa shape index (κ2) is 3.78. The molecule has 60 valence electrons. The Kier molecular flexibility index (Phi) is 2.96. The van der Waals surface area contributed by atoms with Gasteiger partial charge in [-0.25, -0.2) is 0 Å².